The minimum absolute atomic E-state index is 0.00853. The van der Waals surface area contributed by atoms with Gasteiger partial charge in [0.2, 0.25) is 10.0 Å². The van der Waals surface area contributed by atoms with Crippen LogP contribution in [0.15, 0.2) is 47.4 Å². The van der Waals surface area contributed by atoms with E-state index in [0.717, 1.165) is 22.7 Å². The number of hydrogen-bond acceptors (Lipinski definition) is 6. The number of aromatic nitrogens is 1. The first-order valence-electron chi connectivity index (χ1n) is 10.3. The molecule has 1 N–H and O–H groups in total. The molecule has 4 rings (SSSR count). The van der Waals surface area contributed by atoms with E-state index in [9.17, 15) is 23.3 Å². The Labute approximate surface area is 185 Å². The molecule has 1 aromatic heterocycles. The fourth-order valence-corrected chi connectivity index (χ4v) is 5.83. The number of Topliss-reactive ketones (excluding diaryl/α,β-unsaturated/α-hetero) is 1. The van der Waals surface area contributed by atoms with E-state index in [1.807, 2.05) is 36.1 Å². The molecule has 1 fully saturated rings. The Balaban J connectivity index is 1.46. The van der Waals surface area contributed by atoms with E-state index < -0.39 is 14.9 Å². The Morgan fingerprint density at radius 2 is 1.78 bits per heavy atom. The van der Waals surface area contributed by atoms with Gasteiger partial charge in [-0.2, -0.15) is 4.31 Å². The van der Waals surface area contributed by atoms with Gasteiger partial charge in [0, 0.05) is 60.5 Å². The number of nitrogens with one attached hydrogen (secondary N) is 1. The molecule has 168 valence electrons. The average molecular weight is 457 g/mol. The van der Waals surface area contributed by atoms with Crippen molar-refractivity contribution in [2.75, 3.05) is 32.7 Å². The van der Waals surface area contributed by atoms with Gasteiger partial charge in [-0.3, -0.25) is 19.8 Å². The highest BCUT2D eigenvalue weighted by Crippen LogP contribution is 2.26. The van der Waals surface area contributed by atoms with Gasteiger partial charge in [0.25, 0.3) is 5.69 Å². The molecule has 2 aromatic carbocycles. The summed E-state index contributed by atoms with van der Waals surface area (Å²) in [6, 6.07) is 11.5. The number of nitrogens with zero attached hydrogens (tertiary/aromatic N) is 3. The summed E-state index contributed by atoms with van der Waals surface area (Å²) >= 11 is 0. The van der Waals surface area contributed by atoms with Crippen molar-refractivity contribution in [3.8, 4) is 0 Å². The van der Waals surface area contributed by atoms with E-state index in [4.69, 9.17) is 0 Å². The summed E-state index contributed by atoms with van der Waals surface area (Å²) in [5.41, 5.74) is 2.61. The molecule has 0 aliphatic carbocycles. The van der Waals surface area contributed by atoms with Gasteiger partial charge in [-0.15, -0.1) is 0 Å². The molecule has 0 saturated carbocycles. The zero-order valence-corrected chi connectivity index (χ0v) is 18.7. The highest BCUT2D eigenvalue weighted by atomic mass is 32.2. The lowest BCUT2D eigenvalue weighted by atomic mass is 10.1. The number of nitro groups is 1. The smallest absolute Gasteiger partial charge is 0.270 e. The molecule has 3 aromatic rings. The van der Waals surface area contributed by atoms with E-state index in [1.54, 1.807) is 6.92 Å². The minimum Gasteiger partial charge on any atom is -0.358 e. The number of carbonyl (C=O) groups is 1. The number of rotatable bonds is 6. The minimum atomic E-state index is -3.87. The van der Waals surface area contributed by atoms with Crippen molar-refractivity contribution in [1.29, 1.82) is 0 Å². The first-order chi connectivity index (χ1) is 15.2. The Kier molecular flexibility index (Phi) is 5.85. The SMILES string of the molecule is Cc1ccc([N+](=O)[O-])cc1S(=O)(=O)N1CCN(CC(=O)c2c(C)[nH]c3ccccc23)CC1. The van der Waals surface area contributed by atoms with E-state index in [-0.39, 0.29) is 36.0 Å². The maximum Gasteiger partial charge on any atom is 0.270 e. The molecule has 1 aliphatic heterocycles. The van der Waals surface area contributed by atoms with Crippen LogP contribution in [0, 0.1) is 24.0 Å². The summed E-state index contributed by atoms with van der Waals surface area (Å²) in [7, 11) is -3.87. The van der Waals surface area contributed by atoms with Crippen molar-refractivity contribution in [2.24, 2.45) is 0 Å². The number of benzene rings is 2. The fourth-order valence-electron chi connectivity index (χ4n) is 4.17. The highest BCUT2D eigenvalue weighted by molar-refractivity contribution is 7.89. The second kappa shape index (κ2) is 8.45. The van der Waals surface area contributed by atoms with Gasteiger partial charge in [0.1, 0.15) is 0 Å². The zero-order valence-electron chi connectivity index (χ0n) is 17.9. The molecular formula is C22H24N4O5S. The van der Waals surface area contributed by atoms with E-state index >= 15 is 0 Å². The van der Waals surface area contributed by atoms with Gasteiger partial charge in [0.15, 0.2) is 5.78 Å². The summed E-state index contributed by atoms with van der Waals surface area (Å²) in [4.78, 5) is 28.6. The van der Waals surface area contributed by atoms with Crippen LogP contribution < -0.4 is 0 Å². The molecule has 1 aliphatic rings. The van der Waals surface area contributed by atoms with Crippen LogP contribution in [-0.4, -0.2) is 66.0 Å². The van der Waals surface area contributed by atoms with Crippen LogP contribution in [0.2, 0.25) is 0 Å². The summed E-state index contributed by atoms with van der Waals surface area (Å²) in [5.74, 6) is -0.00853. The highest BCUT2D eigenvalue weighted by Gasteiger charge is 2.31. The molecular weight excluding hydrogens is 432 g/mol. The summed E-state index contributed by atoms with van der Waals surface area (Å²) in [6.07, 6.45) is 0. The summed E-state index contributed by atoms with van der Waals surface area (Å²) in [5, 5.41) is 12.0. The van der Waals surface area contributed by atoms with Gasteiger partial charge in [-0.25, -0.2) is 8.42 Å². The topological polar surface area (TPSA) is 117 Å². The normalized spacial score (nSPS) is 15.8. The predicted molar refractivity (Wildman–Crippen MR) is 120 cm³/mol. The van der Waals surface area contributed by atoms with Crippen LogP contribution in [-0.2, 0) is 10.0 Å². The molecule has 0 unspecified atom stereocenters. The maximum atomic E-state index is 13.1. The Morgan fingerprint density at radius 3 is 2.47 bits per heavy atom. The number of hydrogen-bond donors (Lipinski definition) is 1. The van der Waals surface area contributed by atoms with Gasteiger partial charge < -0.3 is 4.98 Å². The number of sulfonamides is 1. The third-order valence-electron chi connectivity index (χ3n) is 5.87. The molecule has 9 nitrogen and oxygen atoms in total. The first-order valence-corrected chi connectivity index (χ1v) is 11.7. The van der Waals surface area contributed by atoms with Crippen LogP contribution in [0.4, 0.5) is 5.69 Å². The second-order valence-corrected chi connectivity index (χ2v) is 9.89. The molecule has 0 radical (unpaired) electrons. The van der Waals surface area contributed by atoms with E-state index in [0.29, 0.717) is 24.2 Å². The number of piperazine rings is 1. The van der Waals surface area contributed by atoms with Crippen LogP contribution >= 0.6 is 0 Å². The molecule has 1 saturated heterocycles. The fraction of sp³-hybridized carbons (Fsp3) is 0.318. The molecule has 32 heavy (non-hydrogen) atoms. The molecule has 2 heterocycles. The lowest BCUT2D eigenvalue weighted by Crippen LogP contribution is -2.49. The van der Waals surface area contributed by atoms with Crippen LogP contribution in [0.5, 0.6) is 0 Å². The molecule has 10 heteroatoms. The lowest BCUT2D eigenvalue weighted by Gasteiger charge is -2.33. The number of non-ortho nitro benzene ring substituents is 1. The Hall–Kier alpha value is -3.08. The lowest BCUT2D eigenvalue weighted by molar-refractivity contribution is -0.385. The standard InChI is InChI=1S/C22H24N4O5S/c1-15-7-8-17(26(28)29)13-21(15)32(30,31)25-11-9-24(10-12-25)14-20(27)22-16(2)23-19-6-4-3-5-18(19)22/h3-8,13,23H,9-12,14H2,1-2H3. The molecule has 0 bridgehead atoms. The van der Waals surface area contributed by atoms with Crippen molar-refractivity contribution < 1.29 is 18.1 Å². The van der Waals surface area contributed by atoms with Crippen molar-refractivity contribution in [1.82, 2.24) is 14.2 Å². The third kappa shape index (κ3) is 4.04. The Bertz CT molecular complexity index is 1310. The zero-order chi connectivity index (χ0) is 23.0. The van der Waals surface area contributed by atoms with E-state index in [2.05, 4.69) is 4.98 Å². The van der Waals surface area contributed by atoms with E-state index in [1.165, 1.54) is 16.4 Å². The number of aryl methyl sites for hydroxylation is 2. The summed E-state index contributed by atoms with van der Waals surface area (Å²) in [6.45, 7) is 4.93. The Morgan fingerprint density at radius 1 is 1.09 bits per heavy atom. The second-order valence-electron chi connectivity index (χ2n) is 7.98. The van der Waals surface area contributed by atoms with Crippen molar-refractivity contribution in [3.63, 3.8) is 0 Å². The number of fused-ring (bicyclic) bond motifs is 1. The van der Waals surface area contributed by atoms with Crippen LogP contribution in [0.3, 0.4) is 0 Å². The van der Waals surface area contributed by atoms with Crippen molar-refractivity contribution in [3.05, 3.63) is 69.4 Å². The molecule has 0 amide bonds. The number of para-hydroxylation sites is 1. The van der Waals surface area contributed by atoms with Gasteiger partial charge in [-0.05, 0) is 25.5 Å². The maximum absolute atomic E-state index is 13.1. The van der Waals surface area contributed by atoms with Gasteiger partial charge >= 0.3 is 0 Å². The largest absolute Gasteiger partial charge is 0.358 e. The predicted octanol–water partition coefficient (Wildman–Crippen LogP) is 2.88. The quantitative estimate of drug-likeness (QED) is 0.346. The number of ketones is 1. The number of H-pyrrole nitrogens is 1. The number of nitro benzene ring substituents is 1. The van der Waals surface area contributed by atoms with Gasteiger partial charge in [-0.1, -0.05) is 24.3 Å². The average Bonchev–Trinajstić information content (AvgIpc) is 3.10. The first kappa shape index (κ1) is 22.1. The van der Waals surface area contributed by atoms with Crippen molar-refractivity contribution >= 4 is 32.4 Å². The molecule has 0 spiro atoms. The number of aromatic amines is 1. The van der Waals surface area contributed by atoms with Crippen LogP contribution in [0.25, 0.3) is 10.9 Å². The summed E-state index contributed by atoms with van der Waals surface area (Å²) < 4.78 is 27.5. The third-order valence-corrected chi connectivity index (χ3v) is 7.91. The monoisotopic (exact) mass is 456 g/mol. The molecule has 0 atom stereocenters. The van der Waals surface area contributed by atoms with Crippen LogP contribution in [0.1, 0.15) is 21.6 Å². The van der Waals surface area contributed by atoms with Crippen molar-refractivity contribution in [2.45, 2.75) is 18.7 Å². The number of carbonyl (C=O) groups excluding carboxylic acids is 1. The van der Waals surface area contributed by atoms with Gasteiger partial charge in [0.05, 0.1) is 16.4 Å².